The van der Waals surface area contributed by atoms with Gasteiger partial charge in [-0.05, 0) is 12.1 Å². The molecular formula is C19H17N7O10S. The predicted octanol–water partition coefficient (Wildman–Crippen LogP) is -2.00. The minimum atomic E-state index is -4.94. The minimum absolute atomic E-state index is 0.0102. The highest BCUT2D eigenvalue weighted by Gasteiger charge is 2.46. The molecule has 0 unspecified atom stereocenters. The van der Waals surface area contributed by atoms with Gasteiger partial charge in [-0.15, -0.1) is 0 Å². The summed E-state index contributed by atoms with van der Waals surface area (Å²) in [5.41, 5.74) is 5.37. The fourth-order valence-corrected chi connectivity index (χ4v) is 4.62. The van der Waals surface area contributed by atoms with Crippen molar-refractivity contribution in [2.75, 3.05) is 12.3 Å². The zero-order valence-corrected chi connectivity index (χ0v) is 19.1. The first-order chi connectivity index (χ1) is 17.5. The quantitative estimate of drug-likeness (QED) is 0.222. The maximum atomic E-state index is 12.4. The molecule has 0 aliphatic carbocycles. The Hall–Kier alpha value is -4.23. The monoisotopic (exact) mass is 535 g/mol. The molecule has 0 radical (unpaired) electrons. The fourth-order valence-electron chi connectivity index (χ4n) is 3.94. The van der Waals surface area contributed by atoms with Crippen LogP contribution in [0.3, 0.4) is 0 Å². The number of hydrogen-bond donors (Lipinski definition) is 5. The maximum Gasteiger partial charge on any atom is 0.363 e. The largest absolute Gasteiger partial charge is 0.507 e. The van der Waals surface area contributed by atoms with E-state index in [0.717, 1.165) is 12.4 Å². The third-order valence-electron chi connectivity index (χ3n) is 5.69. The number of rotatable bonds is 5. The van der Waals surface area contributed by atoms with E-state index in [2.05, 4.69) is 19.1 Å². The van der Waals surface area contributed by atoms with Crippen molar-refractivity contribution in [1.29, 1.82) is 0 Å². The number of phenolic OH excluding ortho intramolecular Hbond substituents is 1. The van der Waals surface area contributed by atoms with Gasteiger partial charge in [0, 0.05) is 0 Å². The van der Waals surface area contributed by atoms with Gasteiger partial charge in [0.25, 0.3) is 11.8 Å². The number of carbonyl (C=O) groups is 3. The number of aliphatic hydroxyl groups is 2. The first kappa shape index (κ1) is 24.5. The van der Waals surface area contributed by atoms with Crippen molar-refractivity contribution in [2.45, 2.75) is 24.5 Å². The first-order valence-electron chi connectivity index (χ1n) is 10.4. The molecule has 2 aromatic heterocycles. The summed E-state index contributed by atoms with van der Waals surface area (Å²) >= 11 is 0. The van der Waals surface area contributed by atoms with Crippen molar-refractivity contribution in [2.24, 2.45) is 0 Å². The van der Waals surface area contributed by atoms with Crippen LogP contribution in [0.2, 0.25) is 0 Å². The van der Waals surface area contributed by atoms with E-state index >= 15 is 0 Å². The Bertz CT molecular complexity index is 1560. The molecule has 0 bridgehead atoms. The zero-order chi connectivity index (χ0) is 26.6. The number of hydrogen-bond acceptors (Lipinski definition) is 14. The highest BCUT2D eigenvalue weighted by atomic mass is 32.2. The van der Waals surface area contributed by atoms with Gasteiger partial charge in [0.2, 0.25) is 0 Å². The number of benzene rings is 1. The van der Waals surface area contributed by atoms with Gasteiger partial charge in [-0.25, -0.2) is 24.5 Å². The lowest BCUT2D eigenvalue weighted by Crippen LogP contribution is -2.46. The highest BCUT2D eigenvalue weighted by Crippen LogP contribution is 2.33. The van der Waals surface area contributed by atoms with Gasteiger partial charge in [0.15, 0.2) is 17.7 Å². The Morgan fingerprint density at radius 1 is 1.16 bits per heavy atom. The van der Waals surface area contributed by atoms with E-state index in [9.17, 15) is 38.1 Å². The molecule has 1 aromatic carbocycles. The van der Waals surface area contributed by atoms with E-state index in [4.69, 9.17) is 10.5 Å². The number of amides is 4. The van der Waals surface area contributed by atoms with E-state index in [1.165, 1.54) is 27.7 Å². The average molecular weight is 535 g/mol. The number of nitrogen functional groups attached to an aromatic ring is 1. The van der Waals surface area contributed by atoms with Gasteiger partial charge in [0.1, 0.15) is 35.9 Å². The number of fused-ring (bicyclic) bond motifs is 2. The maximum absolute atomic E-state index is 12.4. The molecule has 1 saturated heterocycles. The van der Waals surface area contributed by atoms with E-state index < -0.39 is 70.6 Å². The summed E-state index contributed by atoms with van der Waals surface area (Å²) in [6.45, 7) is -0.871. The first-order valence-corrected chi connectivity index (χ1v) is 11.8. The Kier molecular flexibility index (Phi) is 5.76. The van der Waals surface area contributed by atoms with Crippen molar-refractivity contribution in [1.82, 2.24) is 29.1 Å². The van der Waals surface area contributed by atoms with Gasteiger partial charge >= 0.3 is 16.3 Å². The van der Waals surface area contributed by atoms with Crippen LogP contribution in [0.4, 0.5) is 10.6 Å². The lowest BCUT2D eigenvalue weighted by atomic mass is 10.1. The summed E-state index contributed by atoms with van der Waals surface area (Å²) in [4.78, 5) is 49.0. The standard InChI is InChI=1S/C19H17N7O10S/c20-14-11-15(22-5-21-14)25(6-23-11)18-13(29)12(28)9(36-18)4-35-37(33,34)24-19(32)26-16(30)7-2-1-3-8(27)10(7)17(26)31/h1-3,5-6,9,12-13,18,27-29H,4H2,(H,24,32)(H2,20,21,22)/t9-,12-,13-,18-/m1/s1. The number of nitrogens with zero attached hydrogens (tertiary/aromatic N) is 5. The number of aromatic nitrogens is 4. The molecule has 37 heavy (non-hydrogen) atoms. The molecule has 0 saturated carbocycles. The Labute approximate surface area is 206 Å². The van der Waals surface area contributed by atoms with Crippen LogP contribution < -0.4 is 10.5 Å². The number of imidazole rings is 1. The third kappa shape index (κ3) is 4.01. The van der Waals surface area contributed by atoms with Crippen LogP contribution in [0.25, 0.3) is 11.2 Å². The summed E-state index contributed by atoms with van der Waals surface area (Å²) in [5.74, 6) is -2.89. The second kappa shape index (κ2) is 8.71. The molecule has 1 fully saturated rings. The molecule has 4 atom stereocenters. The molecule has 2 aliphatic rings. The predicted molar refractivity (Wildman–Crippen MR) is 118 cm³/mol. The third-order valence-corrected chi connectivity index (χ3v) is 6.57. The van der Waals surface area contributed by atoms with Crippen molar-refractivity contribution < 1.29 is 47.0 Å². The number of phenols is 1. The Morgan fingerprint density at radius 3 is 2.65 bits per heavy atom. The molecule has 17 nitrogen and oxygen atoms in total. The van der Waals surface area contributed by atoms with E-state index in [1.54, 1.807) is 0 Å². The van der Waals surface area contributed by atoms with E-state index in [-0.39, 0.29) is 27.4 Å². The molecule has 3 aromatic rings. The summed E-state index contributed by atoms with van der Waals surface area (Å²) in [6, 6.07) is 1.91. The van der Waals surface area contributed by atoms with Crippen LogP contribution in [0, 0.1) is 0 Å². The number of nitrogens with one attached hydrogen (secondary N) is 1. The van der Waals surface area contributed by atoms with Gasteiger partial charge in [0.05, 0.1) is 24.1 Å². The lowest BCUT2D eigenvalue weighted by molar-refractivity contribution is -0.0468. The summed E-state index contributed by atoms with van der Waals surface area (Å²) < 4.78 is 37.5. The Balaban J connectivity index is 1.26. The number of imide groups is 3. The van der Waals surface area contributed by atoms with Crippen molar-refractivity contribution in [3.63, 3.8) is 0 Å². The summed E-state index contributed by atoms with van der Waals surface area (Å²) in [7, 11) is -4.94. The number of urea groups is 1. The van der Waals surface area contributed by atoms with Crippen molar-refractivity contribution in [3.8, 4) is 5.75 Å². The smallest absolute Gasteiger partial charge is 0.363 e. The number of aliphatic hydroxyl groups excluding tert-OH is 2. The van der Waals surface area contributed by atoms with Gasteiger partial charge in [-0.3, -0.25) is 18.3 Å². The van der Waals surface area contributed by atoms with Crippen molar-refractivity contribution in [3.05, 3.63) is 42.0 Å². The number of anilines is 1. The number of carbonyl (C=O) groups excluding carboxylic acids is 3. The molecule has 18 heteroatoms. The molecule has 2 aliphatic heterocycles. The number of aromatic hydroxyl groups is 1. The topological polar surface area (TPSA) is 249 Å². The molecule has 4 amide bonds. The van der Waals surface area contributed by atoms with Crippen LogP contribution in [0.1, 0.15) is 26.9 Å². The van der Waals surface area contributed by atoms with Gasteiger partial charge in [-0.1, -0.05) is 6.07 Å². The summed E-state index contributed by atoms with van der Waals surface area (Å²) in [5, 5.41) is 30.6. The molecule has 6 N–H and O–H groups in total. The van der Waals surface area contributed by atoms with Crippen LogP contribution >= 0.6 is 0 Å². The Morgan fingerprint density at radius 2 is 1.92 bits per heavy atom. The summed E-state index contributed by atoms with van der Waals surface area (Å²) in [6.07, 6.45) is -3.47. The van der Waals surface area contributed by atoms with Crippen LogP contribution in [0.5, 0.6) is 5.75 Å². The highest BCUT2D eigenvalue weighted by molar-refractivity contribution is 7.85. The van der Waals surface area contributed by atoms with Gasteiger partial charge < -0.3 is 25.8 Å². The number of ether oxygens (including phenoxy) is 1. The normalized spacial score (nSPS) is 23.6. The number of nitrogens with two attached hydrogens (primary N) is 1. The molecular weight excluding hydrogens is 518 g/mol. The fraction of sp³-hybridized carbons (Fsp3) is 0.263. The van der Waals surface area contributed by atoms with Gasteiger partial charge in [-0.2, -0.15) is 13.3 Å². The second-order valence-electron chi connectivity index (χ2n) is 7.92. The molecule has 4 heterocycles. The van der Waals surface area contributed by atoms with E-state index in [0.29, 0.717) is 0 Å². The van der Waals surface area contributed by atoms with Crippen LogP contribution in [-0.2, 0) is 19.2 Å². The molecule has 194 valence electrons. The lowest BCUT2D eigenvalue weighted by Gasteiger charge is -2.17. The SMILES string of the molecule is Nc1ncnc2c1ncn2[C@@H]1O[C@H](COS(=O)(=O)NC(=O)N2C(=O)c3cccc(O)c3C2=O)[C@@H](O)[C@H]1O. The second-order valence-corrected chi connectivity index (χ2v) is 9.27. The molecule has 5 rings (SSSR count). The minimum Gasteiger partial charge on any atom is -0.507 e. The van der Waals surface area contributed by atoms with Crippen LogP contribution in [0.15, 0.2) is 30.9 Å². The average Bonchev–Trinajstić information content (AvgIpc) is 3.47. The van der Waals surface area contributed by atoms with Crippen molar-refractivity contribution >= 4 is 45.1 Å². The van der Waals surface area contributed by atoms with Crippen LogP contribution in [-0.4, -0.2) is 90.9 Å². The molecule has 0 spiro atoms. The zero-order valence-electron chi connectivity index (χ0n) is 18.3. The van der Waals surface area contributed by atoms with E-state index in [1.807, 2.05) is 0 Å².